The summed E-state index contributed by atoms with van der Waals surface area (Å²) in [5, 5.41) is 15.3. The molecule has 0 aliphatic carbocycles. The number of carbonyl (C=O) groups excluding carboxylic acids is 1. The molecule has 1 amide bonds. The molecule has 2 aromatic heterocycles. The van der Waals surface area contributed by atoms with E-state index < -0.39 is 4.92 Å². The largest absolute Gasteiger partial charge is 0.369 e. The van der Waals surface area contributed by atoms with Crippen molar-refractivity contribution in [1.82, 2.24) is 14.6 Å². The van der Waals surface area contributed by atoms with Crippen molar-refractivity contribution < 1.29 is 9.72 Å². The topological polar surface area (TPSA) is 120 Å². The van der Waals surface area contributed by atoms with Crippen molar-refractivity contribution in [1.29, 1.82) is 0 Å². The number of primary amides is 1. The lowest BCUT2D eigenvalue weighted by molar-refractivity contribution is -0.391. The van der Waals surface area contributed by atoms with Crippen molar-refractivity contribution in [2.24, 2.45) is 11.7 Å². The Bertz CT molecular complexity index is 742. The lowest BCUT2D eigenvalue weighted by Gasteiger charge is -2.37. The Balaban J connectivity index is 1.99. The fraction of sp³-hybridized carbons (Fsp3) is 0.462. The van der Waals surface area contributed by atoms with Gasteiger partial charge >= 0.3 is 5.82 Å². The van der Waals surface area contributed by atoms with Crippen LogP contribution in [0.4, 0.5) is 11.6 Å². The van der Waals surface area contributed by atoms with E-state index in [0.717, 1.165) is 12.8 Å². The number of rotatable bonds is 3. The third kappa shape index (κ3) is 2.34. The maximum absolute atomic E-state index is 11.4. The summed E-state index contributed by atoms with van der Waals surface area (Å²) in [6.07, 6.45) is 2.75. The first-order chi connectivity index (χ1) is 10.5. The Morgan fingerprint density at radius 1 is 1.45 bits per heavy atom. The Hall–Kier alpha value is -2.71. The molecular weight excluding hydrogens is 288 g/mol. The van der Waals surface area contributed by atoms with Gasteiger partial charge in [0, 0.05) is 18.7 Å². The molecule has 2 atom stereocenters. The molecule has 3 rings (SSSR count). The number of nitrogens with zero attached hydrogens (tertiary/aromatic N) is 5. The summed E-state index contributed by atoms with van der Waals surface area (Å²) in [5.41, 5.74) is 5.81. The highest BCUT2D eigenvalue weighted by Crippen LogP contribution is 2.27. The summed E-state index contributed by atoms with van der Waals surface area (Å²) in [6.45, 7) is 2.50. The first kappa shape index (κ1) is 14.2. The molecule has 9 heteroatoms. The zero-order valence-corrected chi connectivity index (χ0v) is 12.0. The van der Waals surface area contributed by atoms with Crippen molar-refractivity contribution in [3.8, 4) is 0 Å². The SMILES string of the molecule is C[C@H]1CC[C@@H](C(N)=O)CN1c1ccc2ncc([N+](=O)[O-])n2n1. The van der Waals surface area contributed by atoms with Crippen LogP contribution in [0.3, 0.4) is 0 Å². The summed E-state index contributed by atoms with van der Waals surface area (Å²) < 4.78 is 1.20. The molecule has 0 bridgehead atoms. The van der Waals surface area contributed by atoms with Crippen molar-refractivity contribution in [2.75, 3.05) is 11.4 Å². The lowest BCUT2D eigenvalue weighted by Crippen LogP contribution is -2.46. The van der Waals surface area contributed by atoms with Crippen molar-refractivity contribution in [2.45, 2.75) is 25.8 Å². The van der Waals surface area contributed by atoms with E-state index >= 15 is 0 Å². The molecule has 2 aromatic rings. The van der Waals surface area contributed by atoms with E-state index in [0.29, 0.717) is 18.0 Å². The highest BCUT2D eigenvalue weighted by Gasteiger charge is 2.30. The van der Waals surface area contributed by atoms with Gasteiger partial charge in [0.2, 0.25) is 11.6 Å². The molecule has 0 spiro atoms. The smallest absolute Gasteiger partial charge is 0.368 e. The van der Waals surface area contributed by atoms with Crippen LogP contribution in [0.2, 0.25) is 0 Å². The average Bonchev–Trinajstić information content (AvgIpc) is 2.90. The molecule has 0 radical (unpaired) electrons. The molecule has 22 heavy (non-hydrogen) atoms. The zero-order chi connectivity index (χ0) is 15.9. The van der Waals surface area contributed by atoms with Gasteiger partial charge in [-0.1, -0.05) is 9.61 Å². The molecule has 0 unspecified atom stereocenters. The van der Waals surface area contributed by atoms with E-state index in [-0.39, 0.29) is 23.7 Å². The molecule has 3 heterocycles. The number of aromatic nitrogens is 3. The Kier molecular flexibility index (Phi) is 3.39. The monoisotopic (exact) mass is 304 g/mol. The van der Waals surface area contributed by atoms with E-state index in [1.807, 2.05) is 11.8 Å². The van der Waals surface area contributed by atoms with Gasteiger partial charge in [0.1, 0.15) is 6.20 Å². The number of imidazole rings is 1. The van der Waals surface area contributed by atoms with E-state index in [9.17, 15) is 14.9 Å². The maximum Gasteiger partial charge on any atom is 0.368 e. The number of hydrogen-bond acceptors (Lipinski definition) is 6. The fourth-order valence-corrected chi connectivity index (χ4v) is 2.79. The fourth-order valence-electron chi connectivity index (χ4n) is 2.79. The minimum atomic E-state index is -0.525. The number of fused-ring (bicyclic) bond motifs is 1. The van der Waals surface area contributed by atoms with Crippen LogP contribution < -0.4 is 10.6 Å². The van der Waals surface area contributed by atoms with Gasteiger partial charge in [-0.3, -0.25) is 4.79 Å². The normalized spacial score (nSPS) is 22.0. The number of nitro groups is 1. The Morgan fingerprint density at radius 2 is 2.23 bits per heavy atom. The van der Waals surface area contributed by atoms with E-state index in [1.165, 1.54) is 10.7 Å². The van der Waals surface area contributed by atoms with E-state index in [2.05, 4.69) is 10.1 Å². The van der Waals surface area contributed by atoms with Gasteiger partial charge in [0.25, 0.3) is 0 Å². The maximum atomic E-state index is 11.4. The van der Waals surface area contributed by atoms with Gasteiger partial charge in [-0.15, -0.1) is 0 Å². The van der Waals surface area contributed by atoms with E-state index in [4.69, 9.17) is 5.73 Å². The van der Waals surface area contributed by atoms with E-state index in [1.54, 1.807) is 12.1 Å². The predicted molar refractivity (Wildman–Crippen MR) is 78.4 cm³/mol. The summed E-state index contributed by atoms with van der Waals surface area (Å²) in [7, 11) is 0. The second-order valence-corrected chi connectivity index (χ2v) is 5.51. The van der Waals surface area contributed by atoms with Gasteiger partial charge < -0.3 is 20.7 Å². The number of anilines is 1. The minimum absolute atomic E-state index is 0.183. The van der Waals surface area contributed by atoms with Gasteiger partial charge in [0.15, 0.2) is 5.82 Å². The second-order valence-electron chi connectivity index (χ2n) is 5.51. The van der Waals surface area contributed by atoms with Crippen LogP contribution in [0.25, 0.3) is 5.65 Å². The number of carbonyl (C=O) groups is 1. The van der Waals surface area contributed by atoms with Crippen molar-refractivity contribution in [3.63, 3.8) is 0 Å². The van der Waals surface area contributed by atoms with Gasteiger partial charge in [-0.2, -0.15) is 0 Å². The van der Waals surface area contributed by atoms with Crippen LogP contribution >= 0.6 is 0 Å². The average molecular weight is 304 g/mol. The molecule has 0 aromatic carbocycles. The van der Waals surface area contributed by atoms with Crippen LogP contribution in [0, 0.1) is 16.0 Å². The molecule has 2 N–H and O–H groups in total. The molecule has 1 saturated heterocycles. The van der Waals surface area contributed by atoms with Crippen LogP contribution in [0.5, 0.6) is 0 Å². The second kappa shape index (κ2) is 5.24. The molecule has 0 saturated carbocycles. The molecule has 1 fully saturated rings. The predicted octanol–water partition coefficient (Wildman–Crippen LogP) is 0.728. The first-order valence-electron chi connectivity index (χ1n) is 7.02. The van der Waals surface area contributed by atoms with Gasteiger partial charge in [-0.05, 0) is 30.8 Å². The number of piperidine rings is 1. The molecule has 116 valence electrons. The number of nitrogens with two attached hydrogens (primary N) is 1. The summed E-state index contributed by atoms with van der Waals surface area (Å²) in [6, 6.07) is 3.62. The highest BCUT2D eigenvalue weighted by molar-refractivity contribution is 5.77. The molecule has 1 aliphatic heterocycles. The van der Waals surface area contributed by atoms with Crippen molar-refractivity contribution >= 4 is 23.2 Å². The summed E-state index contributed by atoms with van der Waals surface area (Å²) >= 11 is 0. The van der Waals surface area contributed by atoms with Crippen LogP contribution in [-0.2, 0) is 4.79 Å². The van der Waals surface area contributed by atoms with Crippen LogP contribution in [-0.4, -0.2) is 38.0 Å². The third-order valence-corrected chi connectivity index (χ3v) is 4.10. The molecule has 9 nitrogen and oxygen atoms in total. The quantitative estimate of drug-likeness (QED) is 0.659. The number of amides is 1. The minimum Gasteiger partial charge on any atom is -0.369 e. The third-order valence-electron chi connectivity index (χ3n) is 4.10. The summed E-state index contributed by atoms with van der Waals surface area (Å²) in [5.74, 6) is -0.168. The van der Waals surface area contributed by atoms with Gasteiger partial charge in [0.05, 0.1) is 5.92 Å². The number of hydrogen-bond donors (Lipinski definition) is 1. The van der Waals surface area contributed by atoms with Crippen LogP contribution in [0.1, 0.15) is 19.8 Å². The highest BCUT2D eigenvalue weighted by atomic mass is 16.6. The molecular formula is C13H16N6O3. The molecule has 1 aliphatic rings. The van der Waals surface area contributed by atoms with Crippen LogP contribution in [0.15, 0.2) is 18.3 Å². The summed E-state index contributed by atoms with van der Waals surface area (Å²) in [4.78, 5) is 27.8. The Labute approximate surface area is 125 Å². The van der Waals surface area contributed by atoms with Gasteiger partial charge in [-0.25, -0.2) is 4.98 Å². The Morgan fingerprint density at radius 3 is 2.91 bits per heavy atom. The lowest BCUT2D eigenvalue weighted by atomic mass is 9.93. The van der Waals surface area contributed by atoms with Crippen molar-refractivity contribution in [3.05, 3.63) is 28.4 Å². The standard InChI is InChI=1S/C13H16N6O3/c1-8-2-3-9(13(14)20)7-17(8)11-5-4-10-15-6-12(19(21)22)18(10)16-11/h4-6,8-9H,2-3,7H2,1H3,(H2,14,20)/t8-,9+/m0/s1. The zero-order valence-electron chi connectivity index (χ0n) is 12.0. The first-order valence-corrected chi connectivity index (χ1v) is 7.02.